The number of ether oxygens (including phenoxy) is 1. The van der Waals surface area contributed by atoms with E-state index in [2.05, 4.69) is 48.3 Å². The third-order valence-electron chi connectivity index (χ3n) is 8.58. The first-order chi connectivity index (χ1) is 17.7. The van der Waals surface area contributed by atoms with Crippen LogP contribution in [0.1, 0.15) is 78.4 Å². The molecule has 2 fully saturated rings. The van der Waals surface area contributed by atoms with Gasteiger partial charge in [0, 0.05) is 41.6 Å². The molecule has 1 aromatic carbocycles. The number of rotatable bonds is 8. The maximum absolute atomic E-state index is 13.4. The number of thiophene rings is 1. The lowest BCUT2D eigenvalue weighted by molar-refractivity contribution is -0.937. The first-order valence-electron chi connectivity index (χ1n) is 13.6. The smallest absolute Gasteiger partial charge is 0.341 e. The van der Waals surface area contributed by atoms with Crippen LogP contribution in [-0.4, -0.2) is 55.9 Å². The summed E-state index contributed by atoms with van der Waals surface area (Å²) in [4.78, 5) is 30.2. The van der Waals surface area contributed by atoms with Crippen LogP contribution in [0.25, 0.3) is 0 Å². The Morgan fingerprint density at radius 2 is 1.86 bits per heavy atom. The van der Waals surface area contributed by atoms with E-state index >= 15 is 0 Å². The minimum absolute atomic E-state index is 0.0439. The summed E-state index contributed by atoms with van der Waals surface area (Å²) in [5.74, 6) is -0.428. The third-order valence-corrected chi connectivity index (χ3v) is 9.71. The van der Waals surface area contributed by atoms with Crippen LogP contribution in [0.2, 0.25) is 0 Å². The number of nitrogens with zero attached hydrogens (tertiary/aromatic N) is 1. The number of carbonyl (C=O) groups is 2. The Balaban J connectivity index is 1.60. The van der Waals surface area contributed by atoms with E-state index in [9.17, 15) is 14.7 Å². The number of amides is 1. The zero-order valence-electron chi connectivity index (χ0n) is 22.9. The maximum Gasteiger partial charge on any atom is 0.341 e. The van der Waals surface area contributed by atoms with Crippen molar-refractivity contribution < 1.29 is 24.3 Å². The van der Waals surface area contributed by atoms with Crippen molar-refractivity contribution in [3.63, 3.8) is 0 Å². The first-order valence-corrected chi connectivity index (χ1v) is 14.4. The van der Waals surface area contributed by atoms with E-state index in [0.717, 1.165) is 55.8 Å². The predicted molar refractivity (Wildman–Crippen MR) is 149 cm³/mol. The van der Waals surface area contributed by atoms with Crippen LogP contribution < -0.4 is 15.1 Å². The summed E-state index contributed by atoms with van der Waals surface area (Å²) in [6.45, 7) is 11.1. The highest BCUT2D eigenvalue weighted by molar-refractivity contribution is 7.16. The Morgan fingerprint density at radius 1 is 1.16 bits per heavy atom. The fourth-order valence-corrected chi connectivity index (χ4v) is 7.51. The second kappa shape index (κ2) is 11.5. The highest BCUT2D eigenvalue weighted by Gasteiger charge is 2.52. The number of hydrogen-bond donors (Lipinski definition) is 3. The molecule has 1 aliphatic carbocycles. The molecule has 1 amide bonds. The van der Waals surface area contributed by atoms with Crippen molar-refractivity contribution in [1.82, 2.24) is 0 Å². The predicted octanol–water partition coefficient (Wildman–Crippen LogP) is 3.89. The number of hydrogen-bond acceptors (Lipinski definition) is 6. The van der Waals surface area contributed by atoms with E-state index in [4.69, 9.17) is 4.74 Å². The number of aryl methyl sites for hydroxylation is 1. The van der Waals surface area contributed by atoms with Crippen LogP contribution in [0, 0.1) is 19.8 Å². The maximum atomic E-state index is 13.4. The van der Waals surface area contributed by atoms with Gasteiger partial charge in [-0.2, -0.15) is 0 Å². The summed E-state index contributed by atoms with van der Waals surface area (Å²) in [7, 11) is 1.36. The second-order valence-electron chi connectivity index (χ2n) is 10.6. The van der Waals surface area contributed by atoms with Crippen molar-refractivity contribution in [2.24, 2.45) is 5.92 Å². The number of quaternary nitrogens is 1. The topological polar surface area (TPSA) is 83.3 Å². The molecule has 3 N–H and O–H groups in total. The highest BCUT2D eigenvalue weighted by Crippen LogP contribution is 2.44. The van der Waals surface area contributed by atoms with E-state index in [0.29, 0.717) is 17.0 Å². The van der Waals surface area contributed by atoms with Gasteiger partial charge in [-0.15, -0.1) is 11.3 Å². The Bertz CT molecular complexity index is 1110. The first kappa shape index (κ1) is 27.6. The van der Waals surface area contributed by atoms with E-state index in [1.165, 1.54) is 34.6 Å². The minimum atomic E-state index is -0.666. The number of nitrogens with one attached hydrogen (secondary N) is 2. The normalized spacial score (nSPS) is 25.3. The third kappa shape index (κ3) is 5.56. The molecule has 2 heterocycles. The number of piperidine rings is 1. The molecule has 2 aliphatic rings. The van der Waals surface area contributed by atoms with Gasteiger partial charge < -0.3 is 25.0 Å². The standard InChI is InChI=1S/C29H41N3O4S/c1-6-31(7-2)22-13-11-21(12-14-22)26-23-10-8-9-15-29(23,35)16-17-32(26)18-24(33)30-27-25(28(34)36-5)19(3)20(4)37-27/h11-14,23,26,35H,6-10,15-18H2,1-5H3,(H,30,33)/p+1/t23-,26+,29-/m1/s1. The zero-order valence-corrected chi connectivity index (χ0v) is 23.7. The average Bonchev–Trinajstić information content (AvgIpc) is 3.17. The molecule has 202 valence electrons. The molecule has 0 radical (unpaired) electrons. The molecule has 8 heteroatoms. The minimum Gasteiger partial charge on any atom is -0.465 e. The number of likely N-dealkylation sites (tertiary alicyclic amines) is 1. The molecule has 1 saturated carbocycles. The van der Waals surface area contributed by atoms with Crippen molar-refractivity contribution in [3.8, 4) is 0 Å². The number of esters is 1. The van der Waals surface area contributed by atoms with Crippen LogP contribution in [0.3, 0.4) is 0 Å². The van der Waals surface area contributed by atoms with Crippen molar-refractivity contribution in [1.29, 1.82) is 0 Å². The van der Waals surface area contributed by atoms with Gasteiger partial charge >= 0.3 is 5.97 Å². The van der Waals surface area contributed by atoms with Crippen molar-refractivity contribution in [3.05, 3.63) is 45.8 Å². The summed E-state index contributed by atoms with van der Waals surface area (Å²) in [6.07, 6.45) is 4.68. The molecular weight excluding hydrogens is 486 g/mol. The average molecular weight is 529 g/mol. The van der Waals surface area contributed by atoms with Gasteiger partial charge in [0.1, 0.15) is 11.0 Å². The van der Waals surface area contributed by atoms with Crippen LogP contribution in [-0.2, 0) is 9.53 Å². The molecule has 7 nitrogen and oxygen atoms in total. The molecule has 37 heavy (non-hydrogen) atoms. The van der Waals surface area contributed by atoms with Gasteiger partial charge in [0.2, 0.25) is 0 Å². The molecule has 4 atom stereocenters. The SMILES string of the molecule is CCN(CC)c1ccc([C@H]2[C@H]3CCCC[C@@]3(O)CC[NH+]2CC(=O)Nc2sc(C)c(C)c2C(=O)OC)cc1. The molecule has 4 rings (SSSR count). The summed E-state index contributed by atoms with van der Waals surface area (Å²) in [5, 5.41) is 15.2. The molecular formula is C29H42N3O4S+. The molecule has 1 aliphatic heterocycles. The monoisotopic (exact) mass is 528 g/mol. The molecule has 0 spiro atoms. The lowest BCUT2D eigenvalue weighted by atomic mass is 9.66. The lowest BCUT2D eigenvalue weighted by Crippen LogP contribution is -3.16. The largest absolute Gasteiger partial charge is 0.465 e. The zero-order chi connectivity index (χ0) is 26.7. The van der Waals surface area contributed by atoms with Gasteiger partial charge in [-0.1, -0.05) is 25.0 Å². The van der Waals surface area contributed by atoms with E-state index in [1.807, 2.05) is 13.8 Å². The second-order valence-corrected chi connectivity index (χ2v) is 11.8. The van der Waals surface area contributed by atoms with Crippen LogP contribution in [0.5, 0.6) is 0 Å². The number of aliphatic hydroxyl groups is 1. The van der Waals surface area contributed by atoms with Gasteiger partial charge in [-0.3, -0.25) is 4.79 Å². The van der Waals surface area contributed by atoms with E-state index < -0.39 is 11.6 Å². The summed E-state index contributed by atoms with van der Waals surface area (Å²) in [6, 6.07) is 8.78. The number of benzene rings is 1. The Morgan fingerprint density at radius 3 is 2.51 bits per heavy atom. The Labute approximate surface area is 224 Å². The van der Waals surface area contributed by atoms with Gasteiger partial charge in [0.05, 0.1) is 24.8 Å². The summed E-state index contributed by atoms with van der Waals surface area (Å²) < 4.78 is 4.97. The molecule has 1 unspecified atom stereocenters. The van der Waals surface area contributed by atoms with Gasteiger partial charge in [0.15, 0.2) is 6.54 Å². The summed E-state index contributed by atoms with van der Waals surface area (Å²) >= 11 is 1.41. The van der Waals surface area contributed by atoms with E-state index in [-0.39, 0.29) is 24.4 Å². The molecule has 1 aromatic heterocycles. The fourth-order valence-electron chi connectivity index (χ4n) is 6.44. The van der Waals surface area contributed by atoms with Crippen LogP contribution in [0.15, 0.2) is 24.3 Å². The van der Waals surface area contributed by atoms with Crippen molar-refractivity contribution >= 4 is 33.9 Å². The summed E-state index contributed by atoms with van der Waals surface area (Å²) in [5.41, 5.74) is 3.00. The molecule has 2 aromatic rings. The number of anilines is 2. The van der Waals surface area contributed by atoms with Crippen LogP contribution in [0.4, 0.5) is 10.7 Å². The number of fused-ring (bicyclic) bond motifs is 1. The Hall–Kier alpha value is -2.42. The quantitative estimate of drug-likeness (QED) is 0.453. The van der Waals surface area contributed by atoms with Gasteiger partial charge in [0.25, 0.3) is 5.91 Å². The Kier molecular flexibility index (Phi) is 8.61. The number of methoxy groups -OCH3 is 1. The fraction of sp³-hybridized carbons (Fsp3) is 0.586. The lowest BCUT2D eigenvalue weighted by Gasteiger charge is -2.50. The highest BCUT2D eigenvalue weighted by atomic mass is 32.1. The van der Waals surface area contributed by atoms with Crippen molar-refractivity contribution in [2.45, 2.75) is 71.4 Å². The molecule has 0 bridgehead atoms. The van der Waals surface area contributed by atoms with E-state index in [1.54, 1.807) is 0 Å². The van der Waals surface area contributed by atoms with Crippen LogP contribution >= 0.6 is 11.3 Å². The van der Waals surface area contributed by atoms with Crippen molar-refractivity contribution in [2.75, 3.05) is 43.5 Å². The number of carbonyl (C=O) groups excluding carboxylic acids is 2. The van der Waals surface area contributed by atoms with Gasteiger partial charge in [-0.25, -0.2) is 4.79 Å². The van der Waals surface area contributed by atoms with Gasteiger partial charge in [-0.05, 0) is 58.2 Å². The molecule has 1 saturated heterocycles.